The van der Waals surface area contributed by atoms with E-state index in [1.807, 2.05) is 24.3 Å². The smallest absolute Gasteiger partial charge is 0.338 e. The second-order valence-corrected chi connectivity index (χ2v) is 10.4. The monoisotopic (exact) mass is 486 g/mol. The van der Waals surface area contributed by atoms with E-state index in [9.17, 15) is 18.0 Å². The Morgan fingerprint density at radius 1 is 0.970 bits per heavy atom. The Morgan fingerprint density at radius 2 is 1.61 bits per heavy atom. The number of hydrogen-bond donors (Lipinski definition) is 2. The van der Waals surface area contributed by atoms with Crippen molar-refractivity contribution in [1.29, 1.82) is 0 Å². The van der Waals surface area contributed by atoms with Gasteiger partial charge in [0.05, 0.1) is 5.56 Å². The minimum atomic E-state index is -3.67. The number of nitrogens with one attached hydrogen (secondary N) is 2. The summed E-state index contributed by atoms with van der Waals surface area (Å²) in [5.74, 6) is -0.690. The molecule has 33 heavy (non-hydrogen) atoms. The van der Waals surface area contributed by atoms with E-state index < -0.39 is 28.0 Å². The first-order valence-electron chi connectivity index (χ1n) is 10.5. The molecule has 1 heterocycles. The van der Waals surface area contributed by atoms with E-state index in [0.29, 0.717) is 17.3 Å². The van der Waals surface area contributed by atoms with E-state index in [2.05, 4.69) is 23.9 Å². The number of sulfonamides is 1. The normalized spacial score (nSPS) is 13.1. The lowest BCUT2D eigenvalue weighted by Gasteiger charge is -2.15. The molecule has 0 saturated carbocycles. The second-order valence-electron chi connectivity index (χ2n) is 7.58. The molecule has 7 nitrogen and oxygen atoms in total. The number of rotatable bonds is 9. The lowest BCUT2D eigenvalue weighted by Crippen LogP contribution is -2.30. The third kappa shape index (κ3) is 6.43. The van der Waals surface area contributed by atoms with Gasteiger partial charge in [-0.05, 0) is 72.7 Å². The van der Waals surface area contributed by atoms with Crippen molar-refractivity contribution in [3.05, 3.63) is 77.2 Å². The number of carbonyl (C=O) groups is 2. The van der Waals surface area contributed by atoms with Crippen LogP contribution in [0.1, 0.15) is 49.0 Å². The van der Waals surface area contributed by atoms with Crippen LogP contribution in [0.4, 0.5) is 11.4 Å². The number of benzene rings is 2. The number of ether oxygens (including phenoxy) is 1. The van der Waals surface area contributed by atoms with Crippen LogP contribution >= 0.6 is 11.3 Å². The zero-order chi connectivity index (χ0) is 24.0. The Morgan fingerprint density at radius 3 is 2.18 bits per heavy atom. The Hall–Kier alpha value is -3.17. The maximum absolute atomic E-state index is 12.4. The molecule has 0 unspecified atom stereocenters. The second kappa shape index (κ2) is 10.6. The van der Waals surface area contributed by atoms with Crippen molar-refractivity contribution in [1.82, 2.24) is 0 Å². The molecule has 3 rings (SSSR count). The molecule has 0 bridgehead atoms. The summed E-state index contributed by atoms with van der Waals surface area (Å²) in [6.07, 6.45) is 0.0175. The van der Waals surface area contributed by atoms with Crippen LogP contribution in [-0.2, 0) is 19.6 Å². The number of hydrogen-bond acceptors (Lipinski definition) is 6. The predicted octanol–water partition coefficient (Wildman–Crippen LogP) is 5.25. The third-order valence-corrected chi connectivity index (χ3v) is 7.92. The maximum atomic E-state index is 12.4. The summed E-state index contributed by atoms with van der Waals surface area (Å²) in [4.78, 5) is 24.8. The quantitative estimate of drug-likeness (QED) is 0.403. The molecule has 2 atom stereocenters. The predicted molar refractivity (Wildman–Crippen MR) is 130 cm³/mol. The van der Waals surface area contributed by atoms with E-state index in [1.165, 1.54) is 42.8 Å². The summed E-state index contributed by atoms with van der Waals surface area (Å²) in [7, 11) is -3.67. The SMILES string of the molecule is CC[C@@H](C)c1ccc(NC(=O)[C@H](C)OC(=O)c2ccc(NS(=O)(=O)c3cccs3)cc2)cc1. The fourth-order valence-corrected chi connectivity index (χ4v) is 5.00. The van der Waals surface area contributed by atoms with Crippen molar-refractivity contribution >= 4 is 44.6 Å². The van der Waals surface area contributed by atoms with Crippen LogP contribution in [0.2, 0.25) is 0 Å². The van der Waals surface area contributed by atoms with Gasteiger partial charge in [0.1, 0.15) is 4.21 Å². The molecule has 174 valence electrons. The first-order valence-corrected chi connectivity index (χ1v) is 12.8. The van der Waals surface area contributed by atoms with Gasteiger partial charge in [-0.25, -0.2) is 13.2 Å². The van der Waals surface area contributed by atoms with Gasteiger partial charge in [0.2, 0.25) is 0 Å². The Bertz CT molecular complexity index is 1190. The topological polar surface area (TPSA) is 102 Å². The van der Waals surface area contributed by atoms with E-state index in [4.69, 9.17) is 4.74 Å². The minimum absolute atomic E-state index is 0.195. The summed E-state index contributed by atoms with van der Waals surface area (Å²) < 4.78 is 32.5. The molecule has 1 aromatic heterocycles. The number of carbonyl (C=O) groups excluding carboxylic acids is 2. The number of esters is 1. The van der Waals surface area contributed by atoms with Gasteiger partial charge in [-0.15, -0.1) is 11.3 Å². The van der Waals surface area contributed by atoms with Gasteiger partial charge >= 0.3 is 5.97 Å². The molecule has 3 aromatic rings. The van der Waals surface area contributed by atoms with E-state index in [1.54, 1.807) is 11.4 Å². The molecular formula is C24H26N2O5S2. The summed E-state index contributed by atoms with van der Waals surface area (Å²) in [5.41, 5.74) is 2.33. The van der Waals surface area contributed by atoms with Gasteiger partial charge in [-0.1, -0.05) is 32.0 Å². The van der Waals surface area contributed by atoms with Gasteiger partial charge in [-0.2, -0.15) is 0 Å². The molecule has 0 fully saturated rings. The highest BCUT2D eigenvalue weighted by Crippen LogP contribution is 2.22. The highest BCUT2D eigenvalue weighted by atomic mass is 32.2. The molecule has 9 heteroatoms. The standard InChI is InChI=1S/C24H26N2O5S2/c1-4-16(2)18-7-11-20(12-8-18)25-23(27)17(3)31-24(28)19-9-13-21(14-10-19)26-33(29,30)22-6-5-15-32-22/h5-17,26H,4H2,1-3H3,(H,25,27)/t16-,17+/m1/s1. The zero-order valence-corrected chi connectivity index (χ0v) is 20.2. The molecule has 2 N–H and O–H groups in total. The van der Waals surface area contributed by atoms with Gasteiger partial charge < -0.3 is 10.1 Å². The van der Waals surface area contributed by atoms with E-state index in [-0.39, 0.29) is 9.77 Å². The van der Waals surface area contributed by atoms with Gasteiger partial charge in [0.25, 0.3) is 15.9 Å². The van der Waals surface area contributed by atoms with Crippen molar-refractivity contribution in [2.45, 2.75) is 43.4 Å². The third-order valence-electron chi connectivity index (χ3n) is 5.15. The highest BCUT2D eigenvalue weighted by molar-refractivity contribution is 7.94. The van der Waals surface area contributed by atoms with Gasteiger partial charge in [0, 0.05) is 11.4 Å². The van der Waals surface area contributed by atoms with Crippen molar-refractivity contribution in [3.63, 3.8) is 0 Å². The van der Waals surface area contributed by atoms with Crippen LogP contribution in [0.5, 0.6) is 0 Å². The average Bonchev–Trinajstić information content (AvgIpc) is 3.35. The summed E-state index contributed by atoms with van der Waals surface area (Å²) in [6.45, 7) is 5.75. The fourth-order valence-electron chi connectivity index (χ4n) is 2.95. The van der Waals surface area contributed by atoms with Gasteiger partial charge in [-0.3, -0.25) is 9.52 Å². The lowest BCUT2D eigenvalue weighted by atomic mass is 9.99. The lowest BCUT2D eigenvalue weighted by molar-refractivity contribution is -0.123. The van der Waals surface area contributed by atoms with Crippen LogP contribution in [0.3, 0.4) is 0 Å². The van der Waals surface area contributed by atoms with E-state index in [0.717, 1.165) is 17.8 Å². The average molecular weight is 487 g/mol. The first-order chi connectivity index (χ1) is 15.7. The zero-order valence-electron chi connectivity index (χ0n) is 18.6. The van der Waals surface area contributed by atoms with Crippen molar-refractivity contribution in [2.75, 3.05) is 10.0 Å². The number of amides is 1. The maximum Gasteiger partial charge on any atom is 0.338 e. The van der Waals surface area contributed by atoms with Gasteiger partial charge in [0.15, 0.2) is 6.10 Å². The molecule has 0 spiro atoms. The van der Waals surface area contributed by atoms with Crippen LogP contribution in [0.25, 0.3) is 0 Å². The summed E-state index contributed by atoms with van der Waals surface area (Å²) in [5, 5.41) is 4.41. The molecule has 1 amide bonds. The Balaban J connectivity index is 1.56. The number of thiophene rings is 1. The summed E-state index contributed by atoms with van der Waals surface area (Å²) >= 11 is 1.11. The minimum Gasteiger partial charge on any atom is -0.449 e. The molecule has 0 aliphatic carbocycles. The fraction of sp³-hybridized carbons (Fsp3) is 0.250. The Kier molecular flexibility index (Phi) is 7.88. The molecule has 0 aliphatic heterocycles. The molecule has 2 aromatic carbocycles. The number of anilines is 2. The van der Waals surface area contributed by atoms with Crippen molar-refractivity contribution in [2.24, 2.45) is 0 Å². The molecular weight excluding hydrogens is 460 g/mol. The Labute approximate surface area is 197 Å². The van der Waals surface area contributed by atoms with Crippen molar-refractivity contribution < 1.29 is 22.7 Å². The van der Waals surface area contributed by atoms with Crippen LogP contribution in [0.15, 0.2) is 70.3 Å². The molecule has 0 radical (unpaired) electrons. The highest BCUT2D eigenvalue weighted by Gasteiger charge is 2.20. The largest absolute Gasteiger partial charge is 0.449 e. The first kappa shape index (κ1) is 24.5. The van der Waals surface area contributed by atoms with E-state index >= 15 is 0 Å². The van der Waals surface area contributed by atoms with Crippen LogP contribution in [0, 0.1) is 0 Å². The molecule has 0 aliphatic rings. The van der Waals surface area contributed by atoms with Crippen LogP contribution in [-0.4, -0.2) is 26.4 Å². The summed E-state index contributed by atoms with van der Waals surface area (Å²) in [6, 6.07) is 16.5. The molecule has 0 saturated heterocycles. The van der Waals surface area contributed by atoms with Crippen LogP contribution < -0.4 is 10.0 Å². The van der Waals surface area contributed by atoms with Crippen molar-refractivity contribution in [3.8, 4) is 0 Å².